The fraction of sp³-hybridized carbons (Fsp3) is 0.429. The number of aromatic amines is 1. The molecule has 0 aliphatic rings. The first-order chi connectivity index (χ1) is 9.56. The van der Waals surface area contributed by atoms with E-state index in [4.69, 9.17) is 17.0 Å². The zero-order valence-corrected chi connectivity index (χ0v) is 12.7. The van der Waals surface area contributed by atoms with E-state index in [9.17, 15) is 4.79 Å². The molecule has 1 atom stereocenters. The second-order valence-corrected chi connectivity index (χ2v) is 5.12. The van der Waals surface area contributed by atoms with Crippen molar-refractivity contribution in [3.05, 3.63) is 28.5 Å². The molecule has 2 aromatic rings. The Morgan fingerprint density at radius 3 is 3.00 bits per heavy atom. The summed E-state index contributed by atoms with van der Waals surface area (Å²) >= 11 is 5.35. The van der Waals surface area contributed by atoms with Crippen LogP contribution in [0.3, 0.4) is 0 Å². The first-order valence-electron chi connectivity index (χ1n) is 6.52. The minimum absolute atomic E-state index is 0.0689. The summed E-state index contributed by atoms with van der Waals surface area (Å²) in [6.07, 6.45) is 0. The highest BCUT2D eigenvalue weighted by atomic mass is 32.1. The molecule has 1 unspecified atom stereocenters. The molecule has 1 aromatic carbocycles. The minimum atomic E-state index is -0.366. The lowest BCUT2D eigenvalue weighted by atomic mass is 10.2. The Labute approximate surface area is 122 Å². The standard InChI is InChI=1S/C14H19N3O2S/c1-9-5-4-6-11-12(9)16-14(20)17(11)10(2)13(18)15-7-8-19-3/h4-6,10H,7-8H2,1-3H3,(H,15,18)(H,16,20). The Kier molecular flexibility index (Phi) is 4.57. The molecular weight excluding hydrogens is 274 g/mol. The molecular formula is C14H19N3O2S. The van der Waals surface area contributed by atoms with E-state index in [2.05, 4.69) is 10.3 Å². The summed E-state index contributed by atoms with van der Waals surface area (Å²) in [5.74, 6) is -0.0689. The number of hydrogen-bond acceptors (Lipinski definition) is 3. The van der Waals surface area contributed by atoms with Crippen molar-refractivity contribution in [1.29, 1.82) is 0 Å². The molecule has 1 aromatic heterocycles. The van der Waals surface area contributed by atoms with Gasteiger partial charge in [-0.25, -0.2) is 0 Å². The summed E-state index contributed by atoms with van der Waals surface area (Å²) in [5.41, 5.74) is 3.04. The second kappa shape index (κ2) is 6.19. The van der Waals surface area contributed by atoms with Crippen molar-refractivity contribution in [2.24, 2.45) is 0 Å². The molecule has 0 saturated carbocycles. The molecule has 108 valence electrons. The van der Waals surface area contributed by atoms with Crippen molar-refractivity contribution < 1.29 is 9.53 Å². The van der Waals surface area contributed by atoms with Crippen molar-refractivity contribution in [3.63, 3.8) is 0 Å². The number of methoxy groups -OCH3 is 1. The number of nitrogens with zero attached hydrogens (tertiary/aromatic N) is 1. The molecule has 0 saturated heterocycles. The number of fused-ring (bicyclic) bond motifs is 1. The van der Waals surface area contributed by atoms with Crippen LogP contribution >= 0.6 is 12.2 Å². The third-order valence-corrected chi connectivity index (χ3v) is 3.63. The average Bonchev–Trinajstić information content (AvgIpc) is 2.76. The normalized spacial score (nSPS) is 12.6. The van der Waals surface area contributed by atoms with Gasteiger partial charge in [0.1, 0.15) is 6.04 Å². The van der Waals surface area contributed by atoms with E-state index < -0.39 is 0 Å². The number of ether oxygens (including phenoxy) is 1. The Hall–Kier alpha value is -1.66. The van der Waals surface area contributed by atoms with Crippen molar-refractivity contribution in [3.8, 4) is 0 Å². The molecule has 1 heterocycles. The molecule has 6 heteroatoms. The maximum Gasteiger partial charge on any atom is 0.242 e. The number of aromatic nitrogens is 2. The van der Waals surface area contributed by atoms with Crippen LogP contribution in [0.25, 0.3) is 11.0 Å². The summed E-state index contributed by atoms with van der Waals surface area (Å²) in [6.45, 7) is 4.85. The topological polar surface area (TPSA) is 59.0 Å². The number of aryl methyl sites for hydroxylation is 1. The number of amides is 1. The second-order valence-electron chi connectivity index (χ2n) is 4.73. The predicted octanol–water partition coefficient (Wildman–Crippen LogP) is 2.33. The van der Waals surface area contributed by atoms with Crippen LogP contribution in [0.4, 0.5) is 0 Å². The van der Waals surface area contributed by atoms with Crippen LogP contribution in [0, 0.1) is 11.7 Å². The summed E-state index contributed by atoms with van der Waals surface area (Å²) in [7, 11) is 1.61. The quantitative estimate of drug-likeness (QED) is 0.657. The number of benzene rings is 1. The molecule has 2 N–H and O–H groups in total. The lowest BCUT2D eigenvalue weighted by Crippen LogP contribution is -2.33. The van der Waals surface area contributed by atoms with Crippen molar-refractivity contribution in [2.75, 3.05) is 20.3 Å². The molecule has 0 spiro atoms. The van der Waals surface area contributed by atoms with Gasteiger partial charge in [0.25, 0.3) is 0 Å². The van der Waals surface area contributed by atoms with Gasteiger partial charge in [0.05, 0.1) is 17.6 Å². The van der Waals surface area contributed by atoms with Crippen LogP contribution in [0.2, 0.25) is 0 Å². The van der Waals surface area contributed by atoms with Crippen molar-refractivity contribution in [1.82, 2.24) is 14.9 Å². The molecule has 0 fully saturated rings. The van der Waals surface area contributed by atoms with Crippen LogP contribution < -0.4 is 5.32 Å². The number of carbonyl (C=O) groups is 1. The van der Waals surface area contributed by atoms with Gasteiger partial charge in [-0.15, -0.1) is 0 Å². The lowest BCUT2D eigenvalue weighted by molar-refractivity contribution is -0.124. The van der Waals surface area contributed by atoms with Gasteiger partial charge >= 0.3 is 0 Å². The van der Waals surface area contributed by atoms with Crippen LogP contribution in [0.1, 0.15) is 18.5 Å². The summed E-state index contributed by atoms with van der Waals surface area (Å²) < 4.78 is 7.33. The summed E-state index contributed by atoms with van der Waals surface area (Å²) in [4.78, 5) is 15.3. The molecule has 5 nitrogen and oxygen atoms in total. The van der Waals surface area contributed by atoms with Crippen LogP contribution in [-0.4, -0.2) is 35.7 Å². The number of rotatable bonds is 5. The first-order valence-corrected chi connectivity index (χ1v) is 6.93. The van der Waals surface area contributed by atoms with Gasteiger partial charge in [-0.2, -0.15) is 0 Å². The fourth-order valence-electron chi connectivity index (χ4n) is 2.22. The first kappa shape index (κ1) is 14.7. The van der Waals surface area contributed by atoms with Gasteiger partial charge in [0.2, 0.25) is 5.91 Å². The average molecular weight is 293 g/mol. The molecule has 0 radical (unpaired) electrons. The number of carbonyl (C=O) groups excluding carboxylic acids is 1. The van der Waals surface area contributed by atoms with Crippen molar-refractivity contribution >= 4 is 29.2 Å². The lowest BCUT2D eigenvalue weighted by Gasteiger charge is -2.14. The zero-order valence-electron chi connectivity index (χ0n) is 11.9. The summed E-state index contributed by atoms with van der Waals surface area (Å²) in [5, 5.41) is 2.83. The van der Waals surface area contributed by atoms with Gasteiger partial charge in [-0.3, -0.25) is 4.79 Å². The third kappa shape index (κ3) is 2.76. The highest BCUT2D eigenvalue weighted by molar-refractivity contribution is 7.71. The van der Waals surface area contributed by atoms with E-state index in [1.165, 1.54) is 0 Å². The fourth-order valence-corrected chi connectivity index (χ4v) is 2.58. The van der Waals surface area contributed by atoms with Gasteiger partial charge in [-0.05, 0) is 37.7 Å². The SMILES string of the molecule is COCCNC(=O)C(C)n1c(=S)[nH]c2c(C)cccc21. The smallest absolute Gasteiger partial charge is 0.242 e. The highest BCUT2D eigenvalue weighted by Crippen LogP contribution is 2.21. The van der Waals surface area contributed by atoms with E-state index in [1.54, 1.807) is 7.11 Å². The van der Waals surface area contributed by atoms with E-state index in [0.717, 1.165) is 16.6 Å². The largest absolute Gasteiger partial charge is 0.383 e. The minimum Gasteiger partial charge on any atom is -0.383 e. The van der Waals surface area contributed by atoms with E-state index in [-0.39, 0.29) is 11.9 Å². The van der Waals surface area contributed by atoms with E-state index >= 15 is 0 Å². The van der Waals surface area contributed by atoms with Crippen LogP contribution in [0.5, 0.6) is 0 Å². The molecule has 0 bridgehead atoms. The maximum atomic E-state index is 12.1. The summed E-state index contributed by atoms with van der Waals surface area (Å²) in [6, 6.07) is 5.58. The van der Waals surface area contributed by atoms with Gasteiger partial charge in [-0.1, -0.05) is 12.1 Å². The zero-order chi connectivity index (χ0) is 14.7. The monoisotopic (exact) mass is 293 g/mol. The number of imidazole rings is 1. The molecule has 1 amide bonds. The van der Waals surface area contributed by atoms with Crippen molar-refractivity contribution in [2.45, 2.75) is 19.9 Å². The number of nitrogens with one attached hydrogen (secondary N) is 2. The highest BCUT2D eigenvalue weighted by Gasteiger charge is 2.18. The van der Waals surface area contributed by atoms with Gasteiger partial charge in [0.15, 0.2) is 4.77 Å². The maximum absolute atomic E-state index is 12.1. The van der Waals surface area contributed by atoms with E-state index in [0.29, 0.717) is 17.9 Å². The third-order valence-electron chi connectivity index (χ3n) is 3.33. The Balaban J connectivity index is 2.33. The Bertz CT molecular complexity index is 675. The molecule has 0 aliphatic heterocycles. The predicted molar refractivity (Wildman–Crippen MR) is 81.5 cm³/mol. The van der Waals surface area contributed by atoms with Crippen LogP contribution in [-0.2, 0) is 9.53 Å². The van der Waals surface area contributed by atoms with Crippen LogP contribution in [0.15, 0.2) is 18.2 Å². The Morgan fingerprint density at radius 1 is 1.55 bits per heavy atom. The Morgan fingerprint density at radius 2 is 2.30 bits per heavy atom. The molecule has 20 heavy (non-hydrogen) atoms. The number of hydrogen-bond donors (Lipinski definition) is 2. The molecule has 0 aliphatic carbocycles. The van der Waals surface area contributed by atoms with Gasteiger partial charge in [0, 0.05) is 13.7 Å². The van der Waals surface area contributed by atoms with Gasteiger partial charge < -0.3 is 19.6 Å². The molecule has 2 rings (SSSR count). The van der Waals surface area contributed by atoms with E-state index in [1.807, 2.05) is 36.6 Å². The number of H-pyrrole nitrogens is 1. The number of para-hydroxylation sites is 1.